The lowest BCUT2D eigenvalue weighted by Gasteiger charge is -2.36. The molecular formula is C28H33F4N3O4Si. The molecule has 1 aliphatic rings. The molecule has 1 saturated carbocycles. The van der Waals surface area contributed by atoms with Crippen LogP contribution < -0.4 is 4.74 Å². The van der Waals surface area contributed by atoms with E-state index in [1.54, 1.807) is 19.1 Å². The smallest absolute Gasteiger partial charge is 0.420 e. The highest BCUT2D eigenvalue weighted by Crippen LogP contribution is 2.42. The average Bonchev–Trinajstić information content (AvgIpc) is 3.28. The molecule has 1 unspecified atom stereocenters. The Morgan fingerprint density at radius 1 is 1.15 bits per heavy atom. The van der Waals surface area contributed by atoms with Gasteiger partial charge in [0.05, 0.1) is 17.5 Å². The second-order valence-corrected chi connectivity index (χ2v) is 17.2. The van der Waals surface area contributed by atoms with Crippen LogP contribution in [0.25, 0.3) is 22.5 Å². The second kappa shape index (κ2) is 11.3. The Labute approximate surface area is 231 Å². The van der Waals surface area contributed by atoms with Gasteiger partial charge >= 0.3 is 12.1 Å². The van der Waals surface area contributed by atoms with Crippen LogP contribution in [0.4, 0.5) is 17.6 Å². The molecule has 1 fully saturated rings. The molecule has 0 spiro atoms. The van der Waals surface area contributed by atoms with Crippen molar-refractivity contribution in [2.75, 3.05) is 13.2 Å². The number of pyridine rings is 1. The van der Waals surface area contributed by atoms with Gasteiger partial charge in [-0.05, 0) is 49.1 Å². The molecule has 0 aliphatic heterocycles. The number of nitrogens with zero attached hydrogens (tertiary/aromatic N) is 2. The quantitative estimate of drug-likeness (QED) is 0.185. The Morgan fingerprint density at radius 3 is 2.42 bits per heavy atom. The predicted octanol–water partition coefficient (Wildman–Crippen LogP) is 7.18. The number of carbonyl (C=O) groups is 1. The Morgan fingerprint density at radius 2 is 1.88 bits per heavy atom. The zero-order valence-corrected chi connectivity index (χ0v) is 23.9. The summed E-state index contributed by atoms with van der Waals surface area (Å²) in [4.78, 5) is 22.4. The molecule has 1 aliphatic carbocycles. The Kier molecular flexibility index (Phi) is 8.41. The van der Waals surface area contributed by atoms with E-state index in [-0.39, 0.29) is 36.2 Å². The highest BCUT2D eigenvalue weighted by molar-refractivity contribution is 6.76. The number of carboxylic acid groups (broad SMARTS) is 1. The summed E-state index contributed by atoms with van der Waals surface area (Å²) in [5.74, 6) is -1.31. The number of rotatable bonds is 11. The molecule has 0 radical (unpaired) electrons. The number of benzene rings is 1. The molecule has 0 bridgehead atoms. The summed E-state index contributed by atoms with van der Waals surface area (Å²) in [5, 5.41) is 9.47. The largest absolute Gasteiger partial charge is 0.481 e. The lowest BCUT2D eigenvalue weighted by molar-refractivity contribution is -0.223. The molecule has 3 aromatic rings. The fraction of sp³-hybridized carbons (Fsp3) is 0.464. The number of ether oxygens (including phenoxy) is 2. The molecule has 216 valence electrons. The number of aromatic amines is 1. The molecule has 0 amide bonds. The van der Waals surface area contributed by atoms with E-state index in [0.717, 1.165) is 18.2 Å². The number of aromatic nitrogens is 3. The number of nitrogens with one attached hydrogen (secondary N) is 1. The molecule has 7 nitrogen and oxygen atoms in total. The van der Waals surface area contributed by atoms with Gasteiger partial charge in [-0.3, -0.25) is 4.79 Å². The molecule has 40 heavy (non-hydrogen) atoms. The third kappa shape index (κ3) is 6.72. The fourth-order valence-corrected chi connectivity index (χ4v) is 5.20. The third-order valence-electron chi connectivity index (χ3n) is 7.19. The van der Waals surface area contributed by atoms with Crippen LogP contribution in [-0.4, -0.2) is 53.5 Å². The van der Waals surface area contributed by atoms with Crippen molar-refractivity contribution in [2.45, 2.75) is 64.2 Å². The van der Waals surface area contributed by atoms with Gasteiger partial charge in [0.2, 0.25) is 5.88 Å². The highest BCUT2D eigenvalue weighted by Gasteiger charge is 2.45. The summed E-state index contributed by atoms with van der Waals surface area (Å²) < 4.78 is 67.2. The fourth-order valence-electron chi connectivity index (χ4n) is 4.47. The van der Waals surface area contributed by atoms with E-state index >= 15 is 4.39 Å². The van der Waals surface area contributed by atoms with Crippen LogP contribution in [0.2, 0.25) is 25.7 Å². The van der Waals surface area contributed by atoms with Gasteiger partial charge in [0, 0.05) is 32.5 Å². The van der Waals surface area contributed by atoms with Gasteiger partial charge in [-0.25, -0.2) is 14.4 Å². The van der Waals surface area contributed by atoms with Crippen molar-refractivity contribution < 1.29 is 36.9 Å². The van der Waals surface area contributed by atoms with Crippen molar-refractivity contribution in [1.82, 2.24) is 15.0 Å². The van der Waals surface area contributed by atoms with E-state index < -0.39 is 37.6 Å². The van der Waals surface area contributed by atoms with Crippen LogP contribution in [0.5, 0.6) is 5.88 Å². The van der Waals surface area contributed by atoms with Gasteiger partial charge in [0.25, 0.3) is 0 Å². The first-order valence-corrected chi connectivity index (χ1v) is 16.8. The van der Waals surface area contributed by atoms with Crippen molar-refractivity contribution in [2.24, 2.45) is 5.41 Å². The van der Waals surface area contributed by atoms with Gasteiger partial charge < -0.3 is 19.6 Å². The van der Waals surface area contributed by atoms with E-state index in [4.69, 9.17) is 9.47 Å². The van der Waals surface area contributed by atoms with Crippen LogP contribution >= 0.6 is 0 Å². The first-order valence-electron chi connectivity index (χ1n) is 13.0. The number of alkyl halides is 3. The van der Waals surface area contributed by atoms with Gasteiger partial charge in [-0.1, -0.05) is 32.1 Å². The number of halogens is 4. The SMILES string of the molecule is Cc1cc(OCC2(C(=O)O)CCC2)ncc1-c1ccc(-c2ncc(C(OCC[Si](C)(C)C)C(F)(F)F)[nH]2)c(F)c1. The second-order valence-electron chi connectivity index (χ2n) is 11.6. The maximum atomic E-state index is 15.2. The van der Waals surface area contributed by atoms with Crippen LogP contribution in [0.3, 0.4) is 0 Å². The molecule has 2 aromatic heterocycles. The lowest BCUT2D eigenvalue weighted by Crippen LogP contribution is -2.43. The summed E-state index contributed by atoms with van der Waals surface area (Å²) in [6.07, 6.45) is -2.33. The van der Waals surface area contributed by atoms with Crippen molar-refractivity contribution >= 4 is 14.0 Å². The number of H-pyrrole nitrogens is 1. The Balaban J connectivity index is 1.49. The maximum Gasteiger partial charge on any atom is 0.420 e. The molecule has 12 heteroatoms. The van der Waals surface area contributed by atoms with Crippen LogP contribution in [0.1, 0.15) is 36.6 Å². The van der Waals surface area contributed by atoms with Gasteiger partial charge in [-0.2, -0.15) is 13.2 Å². The van der Waals surface area contributed by atoms with E-state index in [2.05, 4.69) is 15.0 Å². The predicted molar refractivity (Wildman–Crippen MR) is 144 cm³/mol. The minimum atomic E-state index is -4.65. The zero-order chi connectivity index (χ0) is 29.3. The van der Waals surface area contributed by atoms with Gasteiger partial charge in [-0.15, -0.1) is 0 Å². The minimum Gasteiger partial charge on any atom is -0.481 e. The van der Waals surface area contributed by atoms with E-state index in [1.807, 2.05) is 19.6 Å². The molecule has 0 saturated heterocycles. The first kappa shape index (κ1) is 29.7. The summed E-state index contributed by atoms with van der Waals surface area (Å²) in [5.41, 5.74) is 0.723. The average molecular weight is 580 g/mol. The standard InChI is InChI=1S/C28H33F4N3O4Si/c1-17-12-23(39-16-27(26(36)37)8-5-9-27)33-14-20(17)18-6-7-19(21(29)13-18)25-34-15-22(35-25)24(28(30,31)32)38-10-11-40(2,3)4/h6-7,12-15,24H,5,8-11,16H2,1-4H3,(H,34,35)(H,36,37). The molecule has 1 atom stereocenters. The normalized spacial score (nSPS) is 15.9. The number of hydrogen-bond donors (Lipinski definition) is 2. The van der Waals surface area contributed by atoms with Crippen molar-refractivity contribution in [3.05, 3.63) is 53.7 Å². The first-order chi connectivity index (χ1) is 18.7. The zero-order valence-electron chi connectivity index (χ0n) is 22.9. The number of carboxylic acids is 1. The maximum absolute atomic E-state index is 15.2. The molecule has 2 N–H and O–H groups in total. The molecule has 2 heterocycles. The molecule has 1 aromatic carbocycles. The topological polar surface area (TPSA) is 97.3 Å². The summed E-state index contributed by atoms with van der Waals surface area (Å²) >= 11 is 0. The summed E-state index contributed by atoms with van der Waals surface area (Å²) in [6.45, 7) is 7.93. The van der Waals surface area contributed by atoms with Crippen LogP contribution in [-0.2, 0) is 9.53 Å². The highest BCUT2D eigenvalue weighted by atomic mass is 28.3. The van der Waals surface area contributed by atoms with E-state index in [9.17, 15) is 23.1 Å². The Hall–Kier alpha value is -3.25. The number of imidazole rings is 1. The number of hydrogen-bond acceptors (Lipinski definition) is 5. The number of aliphatic carboxylic acids is 1. The van der Waals surface area contributed by atoms with Crippen molar-refractivity contribution in [3.8, 4) is 28.4 Å². The lowest BCUT2D eigenvalue weighted by atomic mass is 9.69. The van der Waals surface area contributed by atoms with Crippen LogP contribution in [0, 0.1) is 18.2 Å². The molecule has 4 rings (SSSR count). The van der Waals surface area contributed by atoms with Crippen molar-refractivity contribution in [3.63, 3.8) is 0 Å². The number of aryl methyl sites for hydroxylation is 1. The summed E-state index contributed by atoms with van der Waals surface area (Å²) in [6, 6.07) is 6.57. The monoisotopic (exact) mass is 579 g/mol. The summed E-state index contributed by atoms with van der Waals surface area (Å²) in [7, 11) is -1.60. The van der Waals surface area contributed by atoms with Crippen LogP contribution in [0.15, 0.2) is 36.7 Å². The van der Waals surface area contributed by atoms with Gasteiger partial charge in [0.1, 0.15) is 23.7 Å². The van der Waals surface area contributed by atoms with E-state index in [0.29, 0.717) is 30.0 Å². The van der Waals surface area contributed by atoms with Gasteiger partial charge in [0.15, 0.2) is 6.10 Å². The third-order valence-corrected chi connectivity index (χ3v) is 8.90. The van der Waals surface area contributed by atoms with E-state index in [1.165, 1.54) is 18.3 Å². The van der Waals surface area contributed by atoms with Crippen molar-refractivity contribution in [1.29, 1.82) is 0 Å². The minimum absolute atomic E-state index is 0.0167. The Bertz CT molecular complexity index is 1370. The molecular weight excluding hydrogens is 546 g/mol.